The maximum atomic E-state index is 10.6. The van der Waals surface area contributed by atoms with Crippen LogP contribution >= 0.6 is 11.3 Å². The van der Waals surface area contributed by atoms with Gasteiger partial charge in [-0.1, -0.05) is 6.07 Å². The average Bonchev–Trinajstić information content (AvgIpc) is 3.50. The number of pyridine rings is 1. The van der Waals surface area contributed by atoms with Crippen molar-refractivity contribution in [1.82, 2.24) is 14.9 Å². The second kappa shape index (κ2) is 14.4. The summed E-state index contributed by atoms with van der Waals surface area (Å²) in [6.45, 7) is 3.35. The van der Waals surface area contributed by atoms with Crippen molar-refractivity contribution in [3.63, 3.8) is 0 Å². The molecular formula is C22H25F6N3O6S. The lowest BCUT2D eigenvalue weighted by atomic mass is 9.99. The van der Waals surface area contributed by atoms with Gasteiger partial charge in [0.25, 0.3) is 0 Å². The number of alkyl halides is 6. The highest BCUT2D eigenvalue weighted by Crippen LogP contribution is 2.32. The van der Waals surface area contributed by atoms with Crippen LogP contribution in [0.25, 0.3) is 0 Å². The van der Waals surface area contributed by atoms with Crippen molar-refractivity contribution in [2.75, 3.05) is 13.2 Å². The third-order valence-corrected chi connectivity index (χ3v) is 6.12. The van der Waals surface area contributed by atoms with Crippen molar-refractivity contribution < 1.29 is 55.6 Å². The predicted molar refractivity (Wildman–Crippen MR) is 120 cm³/mol. The summed E-state index contributed by atoms with van der Waals surface area (Å²) < 4.78 is 75.6. The van der Waals surface area contributed by atoms with E-state index in [4.69, 9.17) is 29.3 Å². The number of thiazole rings is 1. The van der Waals surface area contributed by atoms with Crippen LogP contribution in [0.1, 0.15) is 29.8 Å². The largest absolute Gasteiger partial charge is 0.490 e. The first-order valence-electron chi connectivity index (χ1n) is 11.1. The fourth-order valence-corrected chi connectivity index (χ4v) is 4.34. The van der Waals surface area contributed by atoms with E-state index in [9.17, 15) is 26.3 Å². The molecule has 0 aliphatic carbocycles. The van der Waals surface area contributed by atoms with Gasteiger partial charge in [0, 0.05) is 36.6 Å². The zero-order valence-corrected chi connectivity index (χ0v) is 20.5. The number of ether oxygens (including phenoxy) is 2. The zero-order chi connectivity index (χ0) is 28.3. The molecule has 0 aromatic carbocycles. The lowest BCUT2D eigenvalue weighted by Gasteiger charge is -2.35. The number of rotatable bonds is 6. The highest BCUT2D eigenvalue weighted by atomic mass is 32.1. The molecule has 212 valence electrons. The Kier molecular flexibility index (Phi) is 11.9. The quantitative estimate of drug-likeness (QED) is 0.491. The van der Waals surface area contributed by atoms with Gasteiger partial charge in [-0.3, -0.25) is 9.88 Å². The molecule has 4 rings (SSSR count). The summed E-state index contributed by atoms with van der Waals surface area (Å²) in [6.07, 6.45) is -0.681. The Balaban J connectivity index is 0.000000301. The summed E-state index contributed by atoms with van der Waals surface area (Å²) in [5, 5.41) is 17.5. The molecule has 0 amide bonds. The summed E-state index contributed by atoms with van der Waals surface area (Å²) in [6, 6.07) is 4.53. The maximum Gasteiger partial charge on any atom is 0.490 e. The van der Waals surface area contributed by atoms with Crippen molar-refractivity contribution >= 4 is 23.3 Å². The third-order valence-electron chi connectivity index (χ3n) is 5.35. The van der Waals surface area contributed by atoms with Crippen LogP contribution in [0.5, 0.6) is 0 Å². The standard InChI is InChI=1S/C18H23N3O2S.2C2HF3O2/c1-2-14(10-19-6-1)12-22-13-15-3-4-16-17(23-15)5-8-21(16)11-18-20-7-9-24-18;2*3-2(4,5)1(6)7/h1-2,6-7,9-10,15-17H,3-5,8,11-13H2;2*(H,6,7)/t15-,16+,17+;;/m1../s1. The Labute approximate surface area is 217 Å². The van der Waals surface area contributed by atoms with Gasteiger partial charge in [0.05, 0.1) is 32.0 Å². The number of carboxylic acid groups (broad SMARTS) is 2. The molecule has 16 heteroatoms. The lowest BCUT2D eigenvalue weighted by Crippen LogP contribution is -2.43. The van der Waals surface area contributed by atoms with E-state index in [0.717, 1.165) is 31.5 Å². The average molecular weight is 574 g/mol. The van der Waals surface area contributed by atoms with Crippen molar-refractivity contribution in [2.45, 2.75) is 63.0 Å². The van der Waals surface area contributed by atoms with Crippen LogP contribution in [0, 0.1) is 0 Å². The molecule has 0 unspecified atom stereocenters. The van der Waals surface area contributed by atoms with Gasteiger partial charge in [-0.05, 0) is 30.9 Å². The van der Waals surface area contributed by atoms with Gasteiger partial charge in [0.15, 0.2) is 0 Å². The number of likely N-dealkylation sites (tertiary alicyclic amines) is 1. The Hall–Kier alpha value is -2.82. The number of fused-ring (bicyclic) bond motifs is 1. The Morgan fingerprint density at radius 2 is 1.74 bits per heavy atom. The molecule has 9 nitrogen and oxygen atoms in total. The maximum absolute atomic E-state index is 10.6. The van der Waals surface area contributed by atoms with Crippen molar-refractivity contribution in [2.24, 2.45) is 0 Å². The SMILES string of the molecule is O=C(O)C(F)(F)F.O=C(O)C(F)(F)F.c1cncc(COC[C@H]2CC[C@H]3[C@H](CCN3Cc3nccs3)O2)c1. The minimum atomic E-state index is -5.08. The highest BCUT2D eigenvalue weighted by molar-refractivity contribution is 7.09. The lowest BCUT2D eigenvalue weighted by molar-refractivity contribution is -0.193. The summed E-state index contributed by atoms with van der Waals surface area (Å²) in [7, 11) is 0. The van der Waals surface area contributed by atoms with Crippen LogP contribution in [-0.2, 0) is 32.2 Å². The van der Waals surface area contributed by atoms with E-state index in [1.54, 1.807) is 17.5 Å². The van der Waals surface area contributed by atoms with E-state index in [1.165, 1.54) is 11.4 Å². The zero-order valence-electron chi connectivity index (χ0n) is 19.7. The molecule has 2 saturated heterocycles. The first-order valence-corrected chi connectivity index (χ1v) is 12.0. The second-order valence-electron chi connectivity index (χ2n) is 8.11. The van der Waals surface area contributed by atoms with Gasteiger partial charge >= 0.3 is 24.3 Å². The molecule has 2 N–H and O–H groups in total. The van der Waals surface area contributed by atoms with E-state index < -0.39 is 24.3 Å². The summed E-state index contributed by atoms with van der Waals surface area (Å²) in [5.41, 5.74) is 1.11. The topological polar surface area (TPSA) is 122 Å². The molecule has 2 aromatic rings. The van der Waals surface area contributed by atoms with E-state index in [2.05, 4.69) is 20.2 Å². The fraction of sp³-hybridized carbons (Fsp3) is 0.545. The molecule has 2 aliphatic heterocycles. The number of carboxylic acids is 2. The normalized spacial score (nSPS) is 21.4. The molecular weight excluding hydrogens is 548 g/mol. The number of nitrogens with zero attached hydrogens (tertiary/aromatic N) is 3. The Morgan fingerprint density at radius 1 is 1.08 bits per heavy atom. The summed E-state index contributed by atoms with van der Waals surface area (Å²) >= 11 is 1.74. The summed E-state index contributed by atoms with van der Waals surface area (Å²) in [4.78, 5) is 28.9. The van der Waals surface area contributed by atoms with E-state index in [-0.39, 0.29) is 6.10 Å². The van der Waals surface area contributed by atoms with Crippen LogP contribution in [0.2, 0.25) is 0 Å². The molecule has 4 heterocycles. The van der Waals surface area contributed by atoms with Crippen LogP contribution in [0.3, 0.4) is 0 Å². The smallest absolute Gasteiger partial charge is 0.475 e. The highest BCUT2D eigenvalue weighted by Gasteiger charge is 2.40. The number of hydrogen-bond donors (Lipinski definition) is 2. The van der Waals surface area contributed by atoms with E-state index in [0.29, 0.717) is 25.4 Å². The molecule has 2 aromatic heterocycles. The van der Waals surface area contributed by atoms with E-state index in [1.807, 2.05) is 24.5 Å². The number of halogens is 6. The van der Waals surface area contributed by atoms with Gasteiger partial charge < -0.3 is 19.7 Å². The van der Waals surface area contributed by atoms with Crippen LogP contribution in [0.15, 0.2) is 36.1 Å². The molecule has 38 heavy (non-hydrogen) atoms. The van der Waals surface area contributed by atoms with Crippen molar-refractivity contribution in [1.29, 1.82) is 0 Å². The minimum absolute atomic E-state index is 0.225. The van der Waals surface area contributed by atoms with Gasteiger partial charge in [0.2, 0.25) is 0 Å². The first-order chi connectivity index (χ1) is 17.8. The van der Waals surface area contributed by atoms with Crippen LogP contribution in [-0.4, -0.2) is 80.8 Å². The fourth-order valence-electron chi connectivity index (χ4n) is 3.70. The van der Waals surface area contributed by atoms with Gasteiger partial charge in [-0.15, -0.1) is 11.3 Å². The number of aliphatic carboxylic acids is 2. The van der Waals surface area contributed by atoms with Gasteiger partial charge in [0.1, 0.15) is 5.01 Å². The van der Waals surface area contributed by atoms with Crippen LogP contribution < -0.4 is 0 Å². The molecule has 0 spiro atoms. The van der Waals surface area contributed by atoms with Gasteiger partial charge in [-0.25, -0.2) is 14.6 Å². The monoisotopic (exact) mass is 573 g/mol. The van der Waals surface area contributed by atoms with Crippen molar-refractivity contribution in [3.8, 4) is 0 Å². The van der Waals surface area contributed by atoms with Crippen LogP contribution in [0.4, 0.5) is 26.3 Å². The molecule has 0 saturated carbocycles. The first kappa shape index (κ1) is 31.4. The van der Waals surface area contributed by atoms with Crippen molar-refractivity contribution in [3.05, 3.63) is 46.7 Å². The predicted octanol–water partition coefficient (Wildman–Crippen LogP) is 4.14. The van der Waals surface area contributed by atoms with E-state index >= 15 is 0 Å². The Bertz CT molecular complexity index is 970. The number of hydrogen-bond acceptors (Lipinski definition) is 8. The van der Waals surface area contributed by atoms with Gasteiger partial charge in [-0.2, -0.15) is 26.3 Å². The molecule has 0 radical (unpaired) electrons. The third kappa shape index (κ3) is 10.9. The number of aromatic nitrogens is 2. The minimum Gasteiger partial charge on any atom is -0.475 e. The molecule has 2 aliphatic rings. The molecule has 3 atom stereocenters. The molecule has 0 bridgehead atoms. The number of carbonyl (C=O) groups is 2. The summed E-state index contributed by atoms with van der Waals surface area (Å²) in [5.74, 6) is -5.51. The molecule has 2 fully saturated rings. The second-order valence-corrected chi connectivity index (χ2v) is 9.09. The Morgan fingerprint density at radius 3 is 2.26 bits per heavy atom.